The van der Waals surface area contributed by atoms with Crippen molar-refractivity contribution in [2.75, 3.05) is 0 Å². The van der Waals surface area contributed by atoms with Crippen LogP contribution in [0.2, 0.25) is 0 Å². The summed E-state index contributed by atoms with van der Waals surface area (Å²) in [4.78, 5) is 0. The predicted molar refractivity (Wildman–Crippen MR) is 47.0 cm³/mol. The second-order valence-corrected chi connectivity index (χ2v) is 2.85. The fourth-order valence-electron chi connectivity index (χ4n) is 0.413. The van der Waals surface area contributed by atoms with Crippen LogP contribution < -0.4 is 5.73 Å². The fourth-order valence-corrected chi connectivity index (χ4v) is 0.829. The molecule has 2 N–H and O–H groups in total. The summed E-state index contributed by atoms with van der Waals surface area (Å²) in [5.41, 5.74) is 6.28. The zero-order valence-electron chi connectivity index (χ0n) is 6.12. The van der Waals surface area contributed by atoms with Crippen LogP contribution in [0.15, 0.2) is 21.8 Å². The summed E-state index contributed by atoms with van der Waals surface area (Å²) in [7, 11) is 0. The monoisotopic (exact) mass is 179 g/mol. The maximum Gasteiger partial charge on any atom is 0.101 e. The van der Waals surface area contributed by atoms with Crippen LogP contribution in [0.1, 0.15) is 20.3 Å². The van der Waals surface area contributed by atoms with E-state index in [1.807, 2.05) is 13.8 Å². The van der Waals surface area contributed by atoms with Crippen molar-refractivity contribution in [2.45, 2.75) is 20.3 Å². The summed E-state index contributed by atoms with van der Waals surface area (Å²) in [6.45, 7) is 3.97. The van der Waals surface area contributed by atoms with E-state index in [2.05, 4.69) is 0 Å². The molecule has 0 atom stereocenters. The molecule has 0 fully saturated rings. The van der Waals surface area contributed by atoms with Gasteiger partial charge in [0.1, 0.15) is 5.16 Å². The summed E-state index contributed by atoms with van der Waals surface area (Å²) in [5.74, 6) is 0. The highest BCUT2D eigenvalue weighted by Gasteiger charge is 1.93. The van der Waals surface area contributed by atoms with Crippen LogP contribution >= 0.6 is 23.2 Å². The summed E-state index contributed by atoms with van der Waals surface area (Å²) >= 11 is 11.2. The number of rotatable bonds is 2. The first-order valence-corrected chi connectivity index (χ1v) is 3.81. The molecular formula is C7H11Cl2N. The summed E-state index contributed by atoms with van der Waals surface area (Å²) in [6, 6.07) is 0. The van der Waals surface area contributed by atoms with Crippen molar-refractivity contribution >= 4 is 23.2 Å². The molecule has 0 rings (SSSR count). The van der Waals surface area contributed by atoms with Gasteiger partial charge in [-0.2, -0.15) is 0 Å². The smallest absolute Gasteiger partial charge is 0.101 e. The van der Waals surface area contributed by atoms with Crippen molar-refractivity contribution in [1.29, 1.82) is 0 Å². The van der Waals surface area contributed by atoms with Crippen molar-refractivity contribution in [3.05, 3.63) is 21.8 Å². The van der Waals surface area contributed by atoms with Gasteiger partial charge in [0.05, 0.1) is 0 Å². The SMILES string of the molecule is CC/C(C)=C(Cl)/C=C(\N)Cl. The number of hydrogen-bond donors (Lipinski definition) is 1. The molecule has 58 valence electrons. The van der Waals surface area contributed by atoms with Gasteiger partial charge in [-0.1, -0.05) is 35.7 Å². The molecule has 0 radical (unpaired) electrons. The molecule has 0 aliphatic rings. The third-order valence-electron chi connectivity index (χ3n) is 1.20. The van der Waals surface area contributed by atoms with E-state index < -0.39 is 0 Å². The molecule has 0 aromatic heterocycles. The maximum atomic E-state index is 5.77. The van der Waals surface area contributed by atoms with Gasteiger partial charge in [-0.25, -0.2) is 0 Å². The topological polar surface area (TPSA) is 26.0 Å². The zero-order chi connectivity index (χ0) is 8.15. The Labute approximate surface area is 71.5 Å². The molecule has 1 nitrogen and oxygen atoms in total. The Bertz CT molecular complexity index is 166. The molecule has 0 unspecified atom stereocenters. The minimum atomic E-state index is 0.220. The van der Waals surface area contributed by atoms with E-state index in [0.717, 1.165) is 12.0 Å². The summed E-state index contributed by atoms with van der Waals surface area (Å²) in [5, 5.41) is 0.854. The van der Waals surface area contributed by atoms with E-state index in [9.17, 15) is 0 Å². The van der Waals surface area contributed by atoms with Gasteiger partial charge >= 0.3 is 0 Å². The standard InChI is InChI=1S/C7H11Cl2N/c1-3-5(2)6(8)4-7(9)10/h4H,3,10H2,1-2H3/b6-5-,7-4-. The Balaban J connectivity index is 4.33. The Morgan fingerprint density at radius 3 is 2.30 bits per heavy atom. The first kappa shape index (κ1) is 9.86. The molecule has 3 heteroatoms. The lowest BCUT2D eigenvalue weighted by Gasteiger charge is -1.96. The second kappa shape index (κ2) is 4.64. The molecule has 0 amide bonds. The largest absolute Gasteiger partial charge is 0.389 e. The normalized spacial score (nSPS) is 15.0. The number of halogens is 2. The molecule has 0 spiro atoms. The third kappa shape index (κ3) is 3.80. The summed E-state index contributed by atoms with van der Waals surface area (Å²) < 4.78 is 0. The highest BCUT2D eigenvalue weighted by atomic mass is 35.5. The van der Waals surface area contributed by atoms with Crippen LogP contribution in [0.5, 0.6) is 0 Å². The summed E-state index contributed by atoms with van der Waals surface area (Å²) in [6.07, 6.45) is 2.46. The maximum absolute atomic E-state index is 5.77. The van der Waals surface area contributed by atoms with E-state index in [1.165, 1.54) is 0 Å². The predicted octanol–water partition coefficient (Wildman–Crippen LogP) is 2.95. The third-order valence-corrected chi connectivity index (χ3v) is 1.74. The van der Waals surface area contributed by atoms with E-state index >= 15 is 0 Å². The molecule has 0 saturated heterocycles. The Morgan fingerprint density at radius 1 is 1.50 bits per heavy atom. The molecule has 0 aromatic rings. The van der Waals surface area contributed by atoms with Crippen LogP contribution in [0.3, 0.4) is 0 Å². The van der Waals surface area contributed by atoms with Gasteiger partial charge in [-0.15, -0.1) is 0 Å². The molecule has 0 heterocycles. The quantitative estimate of drug-likeness (QED) is 0.513. The van der Waals surface area contributed by atoms with Gasteiger partial charge in [0.15, 0.2) is 0 Å². The molecule has 0 bridgehead atoms. The highest BCUT2D eigenvalue weighted by Crippen LogP contribution is 2.14. The Kier molecular flexibility index (Phi) is 4.58. The van der Waals surface area contributed by atoms with Gasteiger partial charge in [0, 0.05) is 5.03 Å². The zero-order valence-corrected chi connectivity index (χ0v) is 7.63. The van der Waals surface area contributed by atoms with Gasteiger partial charge in [0.2, 0.25) is 0 Å². The van der Waals surface area contributed by atoms with Gasteiger partial charge in [0.25, 0.3) is 0 Å². The lowest BCUT2D eigenvalue weighted by molar-refractivity contribution is 1.09. The van der Waals surface area contributed by atoms with Crippen molar-refractivity contribution in [1.82, 2.24) is 0 Å². The van der Waals surface area contributed by atoms with E-state index in [0.29, 0.717) is 5.03 Å². The molecular weight excluding hydrogens is 169 g/mol. The van der Waals surface area contributed by atoms with Crippen molar-refractivity contribution in [2.24, 2.45) is 5.73 Å². The van der Waals surface area contributed by atoms with E-state index in [1.54, 1.807) is 6.08 Å². The van der Waals surface area contributed by atoms with Crippen LogP contribution in [-0.2, 0) is 0 Å². The van der Waals surface area contributed by atoms with Crippen LogP contribution in [0.25, 0.3) is 0 Å². The van der Waals surface area contributed by atoms with Gasteiger partial charge < -0.3 is 5.73 Å². The first-order chi connectivity index (χ1) is 4.57. The number of nitrogens with two attached hydrogens (primary N) is 1. The first-order valence-electron chi connectivity index (χ1n) is 3.05. The molecule has 0 aliphatic carbocycles. The molecule has 0 saturated carbocycles. The molecule has 0 aromatic carbocycles. The van der Waals surface area contributed by atoms with E-state index in [4.69, 9.17) is 28.9 Å². The second-order valence-electron chi connectivity index (χ2n) is 2.01. The lowest BCUT2D eigenvalue weighted by atomic mass is 10.2. The average Bonchev–Trinajstić information content (AvgIpc) is 1.85. The van der Waals surface area contributed by atoms with Gasteiger partial charge in [-0.05, 0) is 19.4 Å². The van der Waals surface area contributed by atoms with Crippen LogP contribution in [0.4, 0.5) is 0 Å². The number of hydrogen-bond acceptors (Lipinski definition) is 1. The minimum Gasteiger partial charge on any atom is -0.389 e. The Hall–Kier alpha value is -0.140. The van der Waals surface area contributed by atoms with Crippen LogP contribution in [0, 0.1) is 0 Å². The average molecular weight is 180 g/mol. The molecule has 10 heavy (non-hydrogen) atoms. The van der Waals surface area contributed by atoms with Crippen LogP contribution in [-0.4, -0.2) is 0 Å². The minimum absolute atomic E-state index is 0.220. The van der Waals surface area contributed by atoms with Crippen molar-refractivity contribution in [3.8, 4) is 0 Å². The van der Waals surface area contributed by atoms with Crippen molar-refractivity contribution < 1.29 is 0 Å². The van der Waals surface area contributed by atoms with Crippen molar-refractivity contribution in [3.63, 3.8) is 0 Å². The molecule has 0 aliphatic heterocycles. The van der Waals surface area contributed by atoms with E-state index in [-0.39, 0.29) is 5.16 Å². The lowest BCUT2D eigenvalue weighted by Crippen LogP contribution is -1.87. The van der Waals surface area contributed by atoms with Gasteiger partial charge in [-0.3, -0.25) is 0 Å². The highest BCUT2D eigenvalue weighted by molar-refractivity contribution is 6.34. The fraction of sp³-hybridized carbons (Fsp3) is 0.429. The Morgan fingerprint density at radius 2 is 2.00 bits per heavy atom. The number of allylic oxidation sites excluding steroid dienone is 3.